The molecule has 0 atom stereocenters. The van der Waals surface area contributed by atoms with Crippen LogP contribution in [0.2, 0.25) is 0 Å². The molecular weight excluding hydrogens is 286 g/mol. The average Bonchev–Trinajstić information content (AvgIpc) is 2.87. The topological polar surface area (TPSA) is 67.5 Å². The number of aromatic carboxylic acids is 1. The molecular formula is C15H13N3O2S. The largest absolute Gasteiger partial charge is 0.478 e. The van der Waals surface area contributed by atoms with Gasteiger partial charge in [0.25, 0.3) is 0 Å². The second-order valence-corrected chi connectivity index (χ2v) is 5.68. The van der Waals surface area contributed by atoms with Crippen LogP contribution in [0.15, 0.2) is 47.9 Å². The van der Waals surface area contributed by atoms with Crippen LogP contribution in [0.3, 0.4) is 0 Å². The van der Waals surface area contributed by atoms with Gasteiger partial charge in [0.1, 0.15) is 5.65 Å². The Labute approximate surface area is 125 Å². The highest BCUT2D eigenvalue weighted by atomic mass is 32.2. The number of pyridine rings is 2. The van der Waals surface area contributed by atoms with E-state index in [4.69, 9.17) is 5.11 Å². The molecule has 0 bridgehead atoms. The fraction of sp³-hybridized carbons (Fsp3) is 0.133. The third-order valence-corrected chi connectivity index (χ3v) is 3.96. The van der Waals surface area contributed by atoms with Crippen molar-refractivity contribution in [1.29, 1.82) is 0 Å². The first kappa shape index (κ1) is 13.6. The zero-order chi connectivity index (χ0) is 14.8. The van der Waals surface area contributed by atoms with Crippen LogP contribution in [-0.4, -0.2) is 25.4 Å². The van der Waals surface area contributed by atoms with Gasteiger partial charge in [-0.2, -0.15) is 0 Å². The Hall–Kier alpha value is -2.34. The van der Waals surface area contributed by atoms with Gasteiger partial charge >= 0.3 is 5.97 Å². The van der Waals surface area contributed by atoms with E-state index >= 15 is 0 Å². The standard InChI is InChI=1S/C15H13N3O2S/c1-10-2-3-13-17-12(8-18(13)7-10)9-21-14-6-11(15(19)20)4-5-16-14/h2-8H,9H2,1H3,(H,19,20). The molecule has 3 heterocycles. The second kappa shape index (κ2) is 5.57. The predicted octanol–water partition coefficient (Wildman–Crippen LogP) is 3.03. The van der Waals surface area contributed by atoms with Crippen LogP contribution in [-0.2, 0) is 5.75 Å². The number of fused-ring (bicyclic) bond motifs is 1. The van der Waals surface area contributed by atoms with Crippen LogP contribution >= 0.6 is 11.8 Å². The summed E-state index contributed by atoms with van der Waals surface area (Å²) < 4.78 is 1.99. The zero-order valence-electron chi connectivity index (χ0n) is 11.4. The SMILES string of the molecule is Cc1ccc2nc(CSc3cc(C(=O)O)ccn3)cn2c1. The maximum absolute atomic E-state index is 10.9. The first-order valence-corrected chi connectivity index (χ1v) is 7.37. The van der Waals surface area contributed by atoms with Gasteiger partial charge in [0.2, 0.25) is 0 Å². The number of rotatable bonds is 4. The molecule has 3 rings (SSSR count). The fourth-order valence-electron chi connectivity index (χ4n) is 1.99. The molecule has 0 radical (unpaired) electrons. The number of carboxylic acids is 1. The van der Waals surface area contributed by atoms with E-state index < -0.39 is 5.97 Å². The smallest absolute Gasteiger partial charge is 0.335 e. The highest BCUT2D eigenvalue weighted by Crippen LogP contribution is 2.21. The molecule has 0 unspecified atom stereocenters. The molecule has 0 aromatic carbocycles. The minimum atomic E-state index is -0.942. The summed E-state index contributed by atoms with van der Waals surface area (Å²) in [7, 11) is 0. The quantitative estimate of drug-likeness (QED) is 0.750. The van der Waals surface area contributed by atoms with Crippen molar-refractivity contribution < 1.29 is 9.90 Å². The minimum absolute atomic E-state index is 0.248. The molecule has 106 valence electrons. The maximum Gasteiger partial charge on any atom is 0.335 e. The van der Waals surface area contributed by atoms with Crippen LogP contribution in [0.5, 0.6) is 0 Å². The average molecular weight is 299 g/mol. The number of hydrogen-bond donors (Lipinski definition) is 1. The Bertz CT molecular complexity index is 814. The molecule has 1 N–H and O–H groups in total. The van der Waals surface area contributed by atoms with Crippen LogP contribution in [0.25, 0.3) is 5.65 Å². The molecule has 0 aliphatic heterocycles. The Kier molecular flexibility index (Phi) is 3.62. The summed E-state index contributed by atoms with van der Waals surface area (Å²) in [6.45, 7) is 2.04. The normalized spacial score (nSPS) is 10.9. The molecule has 6 heteroatoms. The van der Waals surface area contributed by atoms with Crippen molar-refractivity contribution in [3.05, 3.63) is 59.7 Å². The Morgan fingerprint density at radius 3 is 3.00 bits per heavy atom. The predicted molar refractivity (Wildman–Crippen MR) is 80.7 cm³/mol. The Morgan fingerprint density at radius 2 is 2.19 bits per heavy atom. The molecule has 0 spiro atoms. The lowest BCUT2D eigenvalue weighted by Gasteiger charge is -1.99. The van der Waals surface area contributed by atoms with Gasteiger partial charge in [0.05, 0.1) is 16.3 Å². The van der Waals surface area contributed by atoms with Crippen molar-refractivity contribution in [3.8, 4) is 0 Å². The van der Waals surface area contributed by atoms with E-state index in [0.29, 0.717) is 10.8 Å². The first-order chi connectivity index (χ1) is 10.1. The molecule has 3 aromatic rings. The number of carboxylic acid groups (broad SMARTS) is 1. The van der Waals surface area contributed by atoms with Crippen molar-refractivity contribution in [1.82, 2.24) is 14.4 Å². The summed E-state index contributed by atoms with van der Waals surface area (Å²) in [5.74, 6) is -0.293. The van der Waals surface area contributed by atoms with Crippen molar-refractivity contribution >= 4 is 23.4 Å². The molecule has 0 aliphatic carbocycles. The number of imidazole rings is 1. The van der Waals surface area contributed by atoms with Gasteiger partial charge in [0, 0.05) is 24.3 Å². The lowest BCUT2D eigenvalue weighted by Crippen LogP contribution is -1.96. The van der Waals surface area contributed by atoms with E-state index in [1.165, 1.54) is 29.6 Å². The summed E-state index contributed by atoms with van der Waals surface area (Å²) in [6, 6.07) is 7.07. The van der Waals surface area contributed by atoms with E-state index in [1.54, 1.807) is 6.07 Å². The van der Waals surface area contributed by atoms with Crippen LogP contribution < -0.4 is 0 Å². The number of aromatic nitrogens is 3. The summed E-state index contributed by atoms with van der Waals surface area (Å²) in [5.41, 5.74) is 3.27. The third-order valence-electron chi connectivity index (χ3n) is 3.00. The summed E-state index contributed by atoms with van der Waals surface area (Å²) in [4.78, 5) is 19.6. The van der Waals surface area contributed by atoms with Gasteiger partial charge < -0.3 is 9.51 Å². The molecule has 0 fully saturated rings. The summed E-state index contributed by atoms with van der Waals surface area (Å²) in [6.07, 6.45) is 5.52. The molecule has 0 saturated carbocycles. The van der Waals surface area contributed by atoms with E-state index in [2.05, 4.69) is 9.97 Å². The Balaban J connectivity index is 1.77. The van der Waals surface area contributed by atoms with Crippen molar-refractivity contribution in [2.75, 3.05) is 0 Å². The Morgan fingerprint density at radius 1 is 1.33 bits per heavy atom. The molecule has 0 saturated heterocycles. The highest BCUT2D eigenvalue weighted by molar-refractivity contribution is 7.98. The molecule has 3 aromatic heterocycles. The van der Waals surface area contributed by atoms with Crippen molar-refractivity contribution in [2.24, 2.45) is 0 Å². The lowest BCUT2D eigenvalue weighted by molar-refractivity contribution is 0.0696. The number of nitrogens with zero attached hydrogens (tertiary/aromatic N) is 3. The number of carbonyl (C=O) groups is 1. The van der Waals surface area contributed by atoms with Crippen LogP contribution in [0, 0.1) is 6.92 Å². The van der Waals surface area contributed by atoms with Crippen LogP contribution in [0.4, 0.5) is 0 Å². The number of hydrogen-bond acceptors (Lipinski definition) is 4. The molecule has 0 aliphatic rings. The van der Waals surface area contributed by atoms with Gasteiger partial charge in [-0.1, -0.05) is 17.8 Å². The van der Waals surface area contributed by atoms with E-state index in [1.807, 2.05) is 35.9 Å². The van der Waals surface area contributed by atoms with Crippen molar-refractivity contribution in [3.63, 3.8) is 0 Å². The van der Waals surface area contributed by atoms with Gasteiger partial charge in [-0.25, -0.2) is 14.8 Å². The maximum atomic E-state index is 10.9. The van der Waals surface area contributed by atoms with Crippen molar-refractivity contribution in [2.45, 2.75) is 17.7 Å². The number of thioether (sulfide) groups is 1. The van der Waals surface area contributed by atoms with Crippen LogP contribution in [0.1, 0.15) is 21.6 Å². The molecule has 5 nitrogen and oxygen atoms in total. The van der Waals surface area contributed by atoms with E-state index in [-0.39, 0.29) is 5.56 Å². The molecule has 21 heavy (non-hydrogen) atoms. The number of aryl methyl sites for hydroxylation is 1. The minimum Gasteiger partial charge on any atom is -0.478 e. The summed E-state index contributed by atoms with van der Waals surface area (Å²) >= 11 is 1.47. The monoisotopic (exact) mass is 299 g/mol. The lowest BCUT2D eigenvalue weighted by atomic mass is 10.3. The fourth-order valence-corrected chi connectivity index (χ4v) is 2.77. The molecule has 0 amide bonds. The van der Waals surface area contributed by atoms with Gasteiger partial charge in [-0.05, 0) is 30.7 Å². The van der Waals surface area contributed by atoms with E-state index in [9.17, 15) is 4.79 Å². The first-order valence-electron chi connectivity index (χ1n) is 6.38. The second-order valence-electron chi connectivity index (χ2n) is 4.68. The highest BCUT2D eigenvalue weighted by Gasteiger charge is 2.07. The van der Waals surface area contributed by atoms with E-state index in [0.717, 1.165) is 11.3 Å². The van der Waals surface area contributed by atoms with Gasteiger partial charge in [0.15, 0.2) is 0 Å². The van der Waals surface area contributed by atoms with Gasteiger partial charge in [-0.15, -0.1) is 0 Å². The zero-order valence-corrected chi connectivity index (χ0v) is 12.2. The summed E-state index contributed by atoms with van der Waals surface area (Å²) in [5, 5.41) is 9.65. The van der Waals surface area contributed by atoms with Gasteiger partial charge in [-0.3, -0.25) is 0 Å². The third kappa shape index (κ3) is 3.05.